The van der Waals surface area contributed by atoms with Crippen molar-refractivity contribution in [2.24, 2.45) is 0 Å². The Balaban J connectivity index is -0.000000231. The molecule has 9 heteroatoms. The Morgan fingerprint density at radius 3 is 1.52 bits per heavy atom. The van der Waals surface area contributed by atoms with Crippen LogP contribution in [0.15, 0.2) is 0 Å². The third-order valence-corrected chi connectivity index (χ3v) is 1.69. The zero-order valence-corrected chi connectivity index (χ0v) is 12.1. The molecule has 9 nitrogen and oxygen atoms in total. The second-order valence-corrected chi connectivity index (χ2v) is 3.93. The molecule has 6 N–H and O–H groups in total. The maximum Gasteiger partial charge on any atom is 0.332 e. The molecule has 0 aromatic carbocycles. The Morgan fingerprint density at radius 1 is 1.00 bits per heavy atom. The summed E-state index contributed by atoms with van der Waals surface area (Å²) in [5.74, 6) is -2.97. The van der Waals surface area contributed by atoms with Gasteiger partial charge in [0.2, 0.25) is 0 Å². The molecule has 2 atom stereocenters. The smallest absolute Gasteiger partial charge is 0.332 e. The van der Waals surface area contributed by atoms with Gasteiger partial charge in [-0.25, -0.2) is 4.79 Å². The molecule has 0 fully saturated rings. The van der Waals surface area contributed by atoms with Crippen molar-refractivity contribution in [1.82, 2.24) is 0 Å². The van der Waals surface area contributed by atoms with E-state index in [-0.39, 0.29) is 25.9 Å². The molecule has 0 aromatic rings. The van der Waals surface area contributed by atoms with Gasteiger partial charge in [0.1, 0.15) is 0 Å². The third-order valence-electron chi connectivity index (χ3n) is 1.69. The van der Waals surface area contributed by atoms with Crippen LogP contribution in [0, 0.1) is 0 Å². The summed E-state index contributed by atoms with van der Waals surface area (Å²) in [7, 11) is 0. The van der Waals surface area contributed by atoms with Crippen LogP contribution in [-0.2, 0) is 14.4 Å². The van der Waals surface area contributed by atoms with Crippen LogP contribution in [-0.4, -0.2) is 67.4 Å². The van der Waals surface area contributed by atoms with Gasteiger partial charge < -0.3 is 30.6 Å². The first-order chi connectivity index (χ1) is 9.58. The summed E-state index contributed by atoms with van der Waals surface area (Å²) >= 11 is 0. The first-order valence-electron chi connectivity index (χ1n) is 6.21. The molecular formula is C12H24O9. The molecule has 21 heavy (non-hydrogen) atoms. The highest BCUT2D eigenvalue weighted by Crippen LogP contribution is 1.86. The molecule has 0 spiro atoms. The van der Waals surface area contributed by atoms with E-state index in [2.05, 4.69) is 0 Å². The standard InChI is InChI=1S/3C4H8O3/c1-3(5)2-4(6)7;1-2-3(5)4(6)7;5-3-1-2-4(6)7/h2*3,5H,2H2,1H3,(H,6,7);5H,1-3H2,(H,6,7). The quantitative estimate of drug-likeness (QED) is 0.363. The summed E-state index contributed by atoms with van der Waals surface area (Å²) in [4.78, 5) is 29.0. The van der Waals surface area contributed by atoms with Crippen LogP contribution in [0.4, 0.5) is 0 Å². The van der Waals surface area contributed by atoms with Gasteiger partial charge in [-0.05, 0) is 19.8 Å². The number of aliphatic hydroxyl groups is 3. The SMILES string of the molecule is CC(O)CC(=O)O.CCC(O)C(=O)O.O=C(O)CCCO. The maximum absolute atomic E-state index is 9.68. The van der Waals surface area contributed by atoms with E-state index in [0.717, 1.165) is 0 Å². The third kappa shape index (κ3) is 32.1. The zero-order chi connectivity index (χ0) is 17.4. The van der Waals surface area contributed by atoms with Gasteiger partial charge in [-0.2, -0.15) is 0 Å². The summed E-state index contributed by atoms with van der Waals surface area (Å²) in [5, 5.41) is 48.5. The van der Waals surface area contributed by atoms with Crippen molar-refractivity contribution in [2.45, 2.75) is 51.7 Å². The molecule has 0 heterocycles. The fourth-order valence-electron chi connectivity index (χ4n) is 0.658. The molecule has 0 bridgehead atoms. The molecule has 0 saturated carbocycles. The molecule has 0 rings (SSSR count). The number of hydrogen-bond donors (Lipinski definition) is 6. The predicted octanol–water partition coefficient (Wildman–Crippen LogP) is -0.473. The molecule has 0 aliphatic heterocycles. The van der Waals surface area contributed by atoms with Gasteiger partial charge in [-0.1, -0.05) is 6.92 Å². The predicted molar refractivity (Wildman–Crippen MR) is 71.8 cm³/mol. The van der Waals surface area contributed by atoms with Crippen molar-refractivity contribution in [2.75, 3.05) is 6.61 Å². The largest absolute Gasteiger partial charge is 0.481 e. The minimum absolute atomic E-state index is 0.0354. The number of hydrogen-bond acceptors (Lipinski definition) is 6. The molecule has 126 valence electrons. The molecule has 0 aliphatic rings. The number of rotatable bonds is 7. The van der Waals surface area contributed by atoms with Crippen LogP contribution in [0.25, 0.3) is 0 Å². The van der Waals surface area contributed by atoms with Gasteiger partial charge >= 0.3 is 17.9 Å². The lowest BCUT2D eigenvalue weighted by atomic mass is 10.3. The highest BCUT2D eigenvalue weighted by molar-refractivity contribution is 5.71. The van der Waals surface area contributed by atoms with Crippen LogP contribution in [0.3, 0.4) is 0 Å². The Morgan fingerprint density at radius 2 is 1.48 bits per heavy atom. The minimum Gasteiger partial charge on any atom is -0.481 e. The highest BCUT2D eigenvalue weighted by Gasteiger charge is 2.07. The summed E-state index contributed by atoms with van der Waals surface area (Å²) in [6.07, 6.45) is -1.38. The lowest BCUT2D eigenvalue weighted by molar-refractivity contribution is -0.146. The van der Waals surface area contributed by atoms with E-state index in [1.165, 1.54) is 6.92 Å². The van der Waals surface area contributed by atoms with E-state index in [1.54, 1.807) is 6.92 Å². The molecule has 2 unspecified atom stereocenters. The minimum atomic E-state index is -1.18. The van der Waals surface area contributed by atoms with Gasteiger partial charge in [-0.3, -0.25) is 9.59 Å². The summed E-state index contributed by atoms with van der Waals surface area (Å²) in [6.45, 7) is 3.01. The summed E-state index contributed by atoms with van der Waals surface area (Å²) in [6, 6.07) is 0. The van der Waals surface area contributed by atoms with Crippen LogP contribution < -0.4 is 0 Å². The molecule has 0 radical (unpaired) electrons. The fraction of sp³-hybridized carbons (Fsp3) is 0.750. The van der Waals surface area contributed by atoms with Crippen LogP contribution >= 0.6 is 0 Å². The fourth-order valence-corrected chi connectivity index (χ4v) is 0.658. The average molecular weight is 312 g/mol. The number of aliphatic carboxylic acids is 3. The second kappa shape index (κ2) is 16.3. The Bertz CT molecular complexity index is 288. The van der Waals surface area contributed by atoms with E-state index in [9.17, 15) is 14.4 Å². The van der Waals surface area contributed by atoms with Gasteiger partial charge in [0, 0.05) is 13.0 Å². The van der Waals surface area contributed by atoms with Crippen molar-refractivity contribution in [3.63, 3.8) is 0 Å². The number of aliphatic hydroxyl groups excluding tert-OH is 3. The summed E-state index contributed by atoms with van der Waals surface area (Å²) in [5.41, 5.74) is 0. The lowest BCUT2D eigenvalue weighted by Gasteiger charge is -1.95. The summed E-state index contributed by atoms with van der Waals surface area (Å²) < 4.78 is 0. The second-order valence-electron chi connectivity index (χ2n) is 3.93. The topological polar surface area (TPSA) is 173 Å². The lowest BCUT2D eigenvalue weighted by Crippen LogP contribution is -2.17. The van der Waals surface area contributed by atoms with E-state index in [0.29, 0.717) is 6.42 Å². The van der Waals surface area contributed by atoms with Gasteiger partial charge in [0.15, 0.2) is 6.10 Å². The van der Waals surface area contributed by atoms with Gasteiger partial charge in [-0.15, -0.1) is 0 Å². The van der Waals surface area contributed by atoms with E-state index >= 15 is 0 Å². The normalized spacial score (nSPS) is 11.9. The van der Waals surface area contributed by atoms with Crippen LogP contribution in [0.1, 0.15) is 39.5 Å². The Hall–Kier alpha value is -1.71. The average Bonchev–Trinajstić information content (AvgIpc) is 2.34. The van der Waals surface area contributed by atoms with Crippen LogP contribution in [0.5, 0.6) is 0 Å². The Labute approximate surface area is 122 Å². The van der Waals surface area contributed by atoms with Crippen molar-refractivity contribution in [1.29, 1.82) is 0 Å². The molecule has 0 aromatic heterocycles. The van der Waals surface area contributed by atoms with E-state index in [1.807, 2.05) is 0 Å². The molecular weight excluding hydrogens is 288 g/mol. The first kappa shape index (κ1) is 24.3. The number of carbonyl (C=O) groups is 3. The molecule has 0 saturated heterocycles. The van der Waals surface area contributed by atoms with E-state index < -0.39 is 30.1 Å². The maximum atomic E-state index is 9.68. The van der Waals surface area contributed by atoms with Crippen molar-refractivity contribution >= 4 is 17.9 Å². The van der Waals surface area contributed by atoms with Crippen molar-refractivity contribution in [3.8, 4) is 0 Å². The van der Waals surface area contributed by atoms with Crippen molar-refractivity contribution in [3.05, 3.63) is 0 Å². The van der Waals surface area contributed by atoms with Gasteiger partial charge in [0.25, 0.3) is 0 Å². The van der Waals surface area contributed by atoms with Crippen LogP contribution in [0.2, 0.25) is 0 Å². The number of carboxylic acid groups (broad SMARTS) is 3. The monoisotopic (exact) mass is 312 g/mol. The highest BCUT2D eigenvalue weighted by atomic mass is 16.4. The zero-order valence-electron chi connectivity index (χ0n) is 12.1. The molecule has 0 aliphatic carbocycles. The first-order valence-corrected chi connectivity index (χ1v) is 6.21. The van der Waals surface area contributed by atoms with Crippen molar-refractivity contribution < 1.29 is 45.0 Å². The number of carboxylic acids is 3. The van der Waals surface area contributed by atoms with E-state index in [4.69, 9.17) is 30.6 Å². The van der Waals surface area contributed by atoms with Gasteiger partial charge in [0.05, 0.1) is 12.5 Å². The molecule has 0 amide bonds. The Kier molecular flexibility index (Phi) is 18.9.